The van der Waals surface area contributed by atoms with Gasteiger partial charge in [-0.3, -0.25) is 10.0 Å². The molecule has 1 amide bonds. The van der Waals surface area contributed by atoms with Gasteiger partial charge < -0.3 is 0 Å². The molecule has 0 saturated heterocycles. The van der Waals surface area contributed by atoms with Gasteiger partial charge in [-0.1, -0.05) is 18.2 Å². The summed E-state index contributed by atoms with van der Waals surface area (Å²) in [5.41, 5.74) is 4.40. The molecule has 0 radical (unpaired) electrons. The molecule has 0 aliphatic heterocycles. The van der Waals surface area contributed by atoms with Gasteiger partial charge in [0.2, 0.25) is 0 Å². The van der Waals surface area contributed by atoms with E-state index in [4.69, 9.17) is 5.21 Å². The molecular weight excluding hydrogens is 300 g/mol. The van der Waals surface area contributed by atoms with Gasteiger partial charge in [0.15, 0.2) is 0 Å². The number of hydrogen-bond donors (Lipinski definition) is 2. The molecule has 0 spiro atoms. The van der Waals surface area contributed by atoms with Crippen molar-refractivity contribution in [1.29, 1.82) is 0 Å². The summed E-state index contributed by atoms with van der Waals surface area (Å²) in [6.07, 6.45) is 7.92. The number of para-hydroxylation sites is 1. The summed E-state index contributed by atoms with van der Waals surface area (Å²) in [7, 11) is 0. The lowest BCUT2D eigenvalue weighted by molar-refractivity contribution is -0.00455. The molecule has 0 atom stereocenters. The maximum Gasteiger partial charge on any atom is 0.293 e. The highest BCUT2D eigenvalue weighted by Gasteiger charge is 2.52. The number of carbonyl (C=O) groups is 1. The van der Waals surface area contributed by atoms with Crippen LogP contribution in [0, 0.1) is 17.8 Å². The fourth-order valence-electron chi connectivity index (χ4n) is 6.23. The van der Waals surface area contributed by atoms with Crippen molar-refractivity contribution in [2.24, 2.45) is 17.8 Å². The molecule has 4 fully saturated rings. The van der Waals surface area contributed by atoms with Crippen LogP contribution in [0.3, 0.4) is 0 Å². The van der Waals surface area contributed by atoms with Gasteiger partial charge in [0.05, 0.1) is 5.52 Å². The van der Waals surface area contributed by atoms with Gasteiger partial charge in [0.25, 0.3) is 5.91 Å². The van der Waals surface area contributed by atoms with E-state index in [2.05, 4.69) is 17.1 Å². The maximum absolute atomic E-state index is 12.0. The summed E-state index contributed by atoms with van der Waals surface area (Å²) >= 11 is 0. The first-order chi connectivity index (χ1) is 11.7. The highest BCUT2D eigenvalue weighted by Crippen LogP contribution is 2.61. The van der Waals surface area contributed by atoms with Crippen LogP contribution in [0.2, 0.25) is 0 Å². The topological polar surface area (TPSA) is 62.2 Å². The number of hydroxylamine groups is 1. The number of nitrogens with zero attached hydrogens (tertiary/aromatic N) is 1. The third-order valence-electron chi connectivity index (χ3n) is 6.66. The maximum atomic E-state index is 12.0. The number of pyridine rings is 1. The van der Waals surface area contributed by atoms with Crippen molar-refractivity contribution >= 4 is 16.8 Å². The molecule has 1 aromatic heterocycles. The Morgan fingerprint density at radius 1 is 1.08 bits per heavy atom. The van der Waals surface area contributed by atoms with Crippen molar-refractivity contribution in [3.05, 3.63) is 41.6 Å². The minimum atomic E-state index is -0.522. The van der Waals surface area contributed by atoms with Gasteiger partial charge in [-0.15, -0.1) is 0 Å². The van der Waals surface area contributed by atoms with Crippen molar-refractivity contribution in [2.45, 2.75) is 43.9 Å². The van der Waals surface area contributed by atoms with E-state index >= 15 is 0 Å². The molecule has 2 N–H and O–H groups in total. The third kappa shape index (κ3) is 2.02. The van der Waals surface area contributed by atoms with Crippen molar-refractivity contribution in [1.82, 2.24) is 10.5 Å². The number of hydrogen-bond acceptors (Lipinski definition) is 3. The molecular formula is C20H22N2O2. The molecule has 4 aliphatic rings. The summed E-state index contributed by atoms with van der Waals surface area (Å²) in [5, 5.41) is 10.2. The Labute approximate surface area is 141 Å². The Balaban J connectivity index is 1.72. The van der Waals surface area contributed by atoms with Crippen LogP contribution in [-0.4, -0.2) is 16.1 Å². The van der Waals surface area contributed by atoms with Gasteiger partial charge in [-0.25, -0.2) is 10.5 Å². The number of rotatable bonds is 2. The average molecular weight is 322 g/mol. The molecule has 6 rings (SSSR count). The molecule has 4 heteroatoms. The van der Waals surface area contributed by atoms with Crippen LogP contribution in [0.4, 0.5) is 0 Å². The van der Waals surface area contributed by atoms with Crippen LogP contribution in [0.5, 0.6) is 0 Å². The fraction of sp³-hybridized carbons (Fsp3) is 0.500. The zero-order chi connectivity index (χ0) is 16.3. The van der Waals surface area contributed by atoms with E-state index in [0.717, 1.165) is 23.3 Å². The number of benzene rings is 1. The van der Waals surface area contributed by atoms with Gasteiger partial charge >= 0.3 is 0 Å². The van der Waals surface area contributed by atoms with Crippen molar-refractivity contribution in [2.75, 3.05) is 0 Å². The molecule has 1 aromatic carbocycles. The van der Waals surface area contributed by atoms with Gasteiger partial charge in [0.1, 0.15) is 5.69 Å². The SMILES string of the molecule is O=C(NO)c1cc(C23CC4CC(CC(C4)C2)C3)c2ccccc2n1. The lowest BCUT2D eigenvalue weighted by Gasteiger charge is -2.57. The largest absolute Gasteiger partial charge is 0.293 e. The van der Waals surface area contributed by atoms with E-state index in [1.54, 1.807) is 5.48 Å². The van der Waals surface area contributed by atoms with Crippen LogP contribution in [0.25, 0.3) is 10.9 Å². The molecule has 4 nitrogen and oxygen atoms in total. The van der Waals surface area contributed by atoms with Crippen molar-refractivity contribution < 1.29 is 10.0 Å². The summed E-state index contributed by atoms with van der Waals surface area (Å²) in [4.78, 5) is 16.5. The molecule has 24 heavy (non-hydrogen) atoms. The summed E-state index contributed by atoms with van der Waals surface area (Å²) in [6, 6.07) is 10.1. The Hall–Kier alpha value is -1.94. The molecule has 4 bridgehead atoms. The molecule has 4 saturated carbocycles. The van der Waals surface area contributed by atoms with E-state index < -0.39 is 5.91 Å². The number of aromatic nitrogens is 1. The zero-order valence-corrected chi connectivity index (χ0v) is 13.7. The van der Waals surface area contributed by atoms with Crippen LogP contribution >= 0.6 is 0 Å². The Morgan fingerprint density at radius 2 is 1.71 bits per heavy atom. The predicted molar refractivity (Wildman–Crippen MR) is 90.8 cm³/mol. The second kappa shape index (κ2) is 5.03. The molecule has 2 aromatic rings. The Kier molecular flexibility index (Phi) is 3.02. The Bertz CT molecular complexity index is 794. The van der Waals surface area contributed by atoms with E-state index in [1.165, 1.54) is 49.5 Å². The lowest BCUT2D eigenvalue weighted by Crippen LogP contribution is -2.48. The third-order valence-corrected chi connectivity index (χ3v) is 6.66. The van der Waals surface area contributed by atoms with E-state index in [-0.39, 0.29) is 5.41 Å². The predicted octanol–water partition coefficient (Wildman–Crippen LogP) is 3.82. The molecule has 1 heterocycles. The van der Waals surface area contributed by atoms with Gasteiger partial charge in [-0.2, -0.15) is 0 Å². The Morgan fingerprint density at radius 3 is 2.33 bits per heavy atom. The van der Waals surface area contributed by atoms with Crippen LogP contribution < -0.4 is 5.48 Å². The van der Waals surface area contributed by atoms with Crippen LogP contribution in [0.1, 0.15) is 54.6 Å². The normalized spacial score (nSPS) is 33.8. The number of amides is 1. The van der Waals surface area contributed by atoms with Gasteiger partial charge in [0, 0.05) is 5.39 Å². The second-order valence-corrected chi connectivity index (χ2v) is 8.21. The van der Waals surface area contributed by atoms with Crippen LogP contribution in [-0.2, 0) is 5.41 Å². The average Bonchev–Trinajstić information content (AvgIpc) is 2.59. The van der Waals surface area contributed by atoms with E-state index in [9.17, 15) is 4.79 Å². The number of carbonyl (C=O) groups excluding carboxylic acids is 1. The smallest absolute Gasteiger partial charge is 0.288 e. The quantitative estimate of drug-likeness (QED) is 0.652. The minimum absolute atomic E-state index is 0.196. The molecule has 0 unspecified atom stereocenters. The summed E-state index contributed by atoms with van der Waals surface area (Å²) in [6.45, 7) is 0. The first-order valence-electron chi connectivity index (χ1n) is 9.01. The highest BCUT2D eigenvalue weighted by molar-refractivity contribution is 5.95. The molecule has 4 aliphatic carbocycles. The van der Waals surface area contributed by atoms with Crippen molar-refractivity contribution in [3.63, 3.8) is 0 Å². The van der Waals surface area contributed by atoms with Crippen molar-refractivity contribution in [3.8, 4) is 0 Å². The zero-order valence-electron chi connectivity index (χ0n) is 13.7. The monoisotopic (exact) mass is 322 g/mol. The first kappa shape index (κ1) is 14.4. The lowest BCUT2D eigenvalue weighted by atomic mass is 9.48. The van der Waals surface area contributed by atoms with E-state index in [1.807, 2.05) is 18.2 Å². The van der Waals surface area contributed by atoms with E-state index in [0.29, 0.717) is 5.69 Å². The number of fused-ring (bicyclic) bond motifs is 1. The van der Waals surface area contributed by atoms with Crippen LogP contribution in [0.15, 0.2) is 30.3 Å². The summed E-state index contributed by atoms with van der Waals surface area (Å²) in [5.74, 6) is 2.02. The molecule has 124 valence electrons. The first-order valence-corrected chi connectivity index (χ1v) is 9.01. The summed E-state index contributed by atoms with van der Waals surface area (Å²) < 4.78 is 0. The highest BCUT2D eigenvalue weighted by atomic mass is 16.5. The number of nitrogens with one attached hydrogen (secondary N) is 1. The standard InChI is InChI=1S/C20H22N2O2/c23-19(22-24)18-8-16(15-3-1-2-4-17(15)21-18)20-9-12-5-13(10-20)7-14(6-12)11-20/h1-4,8,12-14,24H,5-7,9-11H2,(H,22,23). The minimum Gasteiger partial charge on any atom is -0.288 e. The second-order valence-electron chi connectivity index (χ2n) is 8.21. The fourth-order valence-corrected chi connectivity index (χ4v) is 6.23. The van der Waals surface area contributed by atoms with Gasteiger partial charge in [-0.05, 0) is 79.4 Å².